The smallest absolute Gasteiger partial charge is 0.139 e. The van der Waals surface area contributed by atoms with Gasteiger partial charge in [-0.05, 0) is 38.5 Å². The second-order valence-corrected chi connectivity index (χ2v) is 4.43. The molecule has 19 heavy (non-hydrogen) atoms. The molecule has 1 heterocycles. The van der Waals surface area contributed by atoms with E-state index in [4.69, 9.17) is 0 Å². The summed E-state index contributed by atoms with van der Waals surface area (Å²) in [5.41, 5.74) is 2.19. The van der Waals surface area contributed by atoms with Crippen LogP contribution in [-0.2, 0) is 0 Å². The van der Waals surface area contributed by atoms with Gasteiger partial charge in [0.2, 0.25) is 0 Å². The lowest BCUT2D eigenvalue weighted by molar-refractivity contribution is 0.619. The van der Waals surface area contributed by atoms with Crippen LogP contribution >= 0.6 is 0 Å². The van der Waals surface area contributed by atoms with Gasteiger partial charge in [-0.25, -0.2) is 14.4 Å². The van der Waals surface area contributed by atoms with Crippen LogP contribution in [0.1, 0.15) is 17.0 Å². The van der Waals surface area contributed by atoms with E-state index >= 15 is 0 Å². The van der Waals surface area contributed by atoms with E-state index in [9.17, 15) is 4.39 Å². The first-order valence-electron chi connectivity index (χ1n) is 6.07. The number of nitrogens with zero attached hydrogens (tertiary/aromatic N) is 2. The number of hydrogen-bond acceptors (Lipinski definition) is 4. The largest absolute Gasteiger partial charge is 0.373 e. The summed E-state index contributed by atoms with van der Waals surface area (Å²) in [6.45, 7) is 5.47. The Labute approximate surface area is 112 Å². The summed E-state index contributed by atoms with van der Waals surface area (Å²) in [6, 6.07) is 5.03. The lowest BCUT2D eigenvalue weighted by Gasteiger charge is -2.13. The van der Waals surface area contributed by atoms with Gasteiger partial charge < -0.3 is 10.6 Å². The molecule has 100 valence electrons. The van der Waals surface area contributed by atoms with Crippen LogP contribution in [0.3, 0.4) is 0 Å². The van der Waals surface area contributed by atoms with Gasteiger partial charge in [-0.2, -0.15) is 0 Å². The van der Waals surface area contributed by atoms with Crippen molar-refractivity contribution in [3.8, 4) is 0 Å². The van der Waals surface area contributed by atoms with Crippen LogP contribution in [0.15, 0.2) is 18.2 Å². The number of halogens is 1. The van der Waals surface area contributed by atoms with Gasteiger partial charge in [0, 0.05) is 18.3 Å². The number of hydrogen-bond donors (Lipinski definition) is 2. The molecule has 0 atom stereocenters. The fourth-order valence-electron chi connectivity index (χ4n) is 1.80. The van der Waals surface area contributed by atoms with Crippen LogP contribution in [0.2, 0.25) is 0 Å². The highest BCUT2D eigenvalue weighted by Crippen LogP contribution is 2.24. The molecule has 1 aromatic carbocycles. The predicted octanol–water partition coefficient (Wildman–Crippen LogP) is 3.33. The van der Waals surface area contributed by atoms with Crippen molar-refractivity contribution in [2.45, 2.75) is 20.8 Å². The molecule has 0 aliphatic heterocycles. The second-order valence-electron chi connectivity index (χ2n) is 4.43. The van der Waals surface area contributed by atoms with Crippen molar-refractivity contribution in [2.24, 2.45) is 0 Å². The van der Waals surface area contributed by atoms with Crippen LogP contribution in [0.25, 0.3) is 0 Å². The number of aryl methyl sites for hydroxylation is 2. The quantitative estimate of drug-likeness (QED) is 0.888. The van der Waals surface area contributed by atoms with Gasteiger partial charge in [-0.3, -0.25) is 0 Å². The Hall–Kier alpha value is -2.17. The van der Waals surface area contributed by atoms with E-state index in [1.165, 1.54) is 6.07 Å². The van der Waals surface area contributed by atoms with Crippen LogP contribution in [-0.4, -0.2) is 17.0 Å². The molecule has 0 spiro atoms. The Morgan fingerprint density at radius 3 is 2.37 bits per heavy atom. The molecule has 0 aliphatic rings. The normalized spacial score (nSPS) is 10.4. The first-order chi connectivity index (χ1) is 9.01. The Kier molecular flexibility index (Phi) is 3.64. The highest BCUT2D eigenvalue weighted by atomic mass is 19.1. The summed E-state index contributed by atoms with van der Waals surface area (Å²) in [5, 5.41) is 6.14. The molecule has 5 heteroatoms. The standard InChI is InChI=1S/C14H17FN4/c1-8-5-6-11(7-12(8)15)19-14-9(2)13(16-4)17-10(3)18-14/h5-7H,1-4H3,(H2,16,17,18,19). The van der Waals surface area contributed by atoms with Gasteiger partial charge in [0.15, 0.2) is 0 Å². The zero-order valence-corrected chi connectivity index (χ0v) is 11.5. The van der Waals surface area contributed by atoms with E-state index in [0.29, 0.717) is 22.9 Å². The summed E-state index contributed by atoms with van der Waals surface area (Å²) >= 11 is 0. The monoisotopic (exact) mass is 260 g/mol. The van der Waals surface area contributed by atoms with Gasteiger partial charge in [-0.1, -0.05) is 6.07 Å². The van der Waals surface area contributed by atoms with Crippen LogP contribution in [0.4, 0.5) is 21.7 Å². The fourth-order valence-corrected chi connectivity index (χ4v) is 1.80. The Bertz CT molecular complexity index is 611. The van der Waals surface area contributed by atoms with Gasteiger partial charge in [-0.15, -0.1) is 0 Å². The third kappa shape index (κ3) is 2.81. The highest BCUT2D eigenvalue weighted by molar-refractivity contribution is 5.64. The fraction of sp³-hybridized carbons (Fsp3) is 0.286. The summed E-state index contributed by atoms with van der Waals surface area (Å²) in [4.78, 5) is 8.63. The zero-order valence-electron chi connectivity index (χ0n) is 11.5. The number of nitrogens with one attached hydrogen (secondary N) is 2. The Morgan fingerprint density at radius 2 is 1.74 bits per heavy atom. The topological polar surface area (TPSA) is 49.8 Å². The van der Waals surface area contributed by atoms with Crippen molar-refractivity contribution < 1.29 is 4.39 Å². The number of rotatable bonds is 3. The first kappa shape index (κ1) is 13.3. The first-order valence-corrected chi connectivity index (χ1v) is 6.07. The van der Waals surface area contributed by atoms with Crippen molar-refractivity contribution in [3.05, 3.63) is 41.0 Å². The lowest BCUT2D eigenvalue weighted by Crippen LogP contribution is -2.05. The minimum atomic E-state index is -0.234. The molecule has 0 unspecified atom stereocenters. The maximum Gasteiger partial charge on any atom is 0.139 e. The van der Waals surface area contributed by atoms with Crippen molar-refractivity contribution in [3.63, 3.8) is 0 Å². The number of aromatic nitrogens is 2. The molecular formula is C14H17FN4. The van der Waals surface area contributed by atoms with Crippen LogP contribution < -0.4 is 10.6 Å². The average Bonchev–Trinajstić information content (AvgIpc) is 2.37. The minimum Gasteiger partial charge on any atom is -0.373 e. The Morgan fingerprint density at radius 1 is 1.05 bits per heavy atom. The van der Waals surface area contributed by atoms with E-state index < -0.39 is 0 Å². The molecule has 2 N–H and O–H groups in total. The second kappa shape index (κ2) is 5.22. The summed E-state index contributed by atoms with van der Waals surface area (Å²) < 4.78 is 13.5. The SMILES string of the molecule is CNc1nc(C)nc(Nc2ccc(C)c(F)c2)c1C. The third-order valence-electron chi connectivity index (χ3n) is 2.93. The molecule has 2 aromatic rings. The predicted molar refractivity (Wildman–Crippen MR) is 75.5 cm³/mol. The lowest BCUT2D eigenvalue weighted by atomic mass is 10.2. The van der Waals surface area contributed by atoms with Crippen molar-refractivity contribution in [1.29, 1.82) is 0 Å². The molecule has 0 saturated heterocycles. The molecule has 1 aromatic heterocycles. The number of anilines is 3. The molecule has 2 rings (SSSR count). The van der Waals surface area contributed by atoms with E-state index in [0.717, 1.165) is 11.4 Å². The summed E-state index contributed by atoms with van der Waals surface area (Å²) in [7, 11) is 1.81. The molecule has 4 nitrogen and oxygen atoms in total. The molecule has 0 aliphatic carbocycles. The van der Waals surface area contributed by atoms with Gasteiger partial charge >= 0.3 is 0 Å². The summed E-state index contributed by atoms with van der Waals surface area (Å²) in [5.74, 6) is 1.87. The Balaban J connectivity index is 2.37. The van der Waals surface area contributed by atoms with E-state index in [1.807, 2.05) is 27.0 Å². The average molecular weight is 260 g/mol. The highest BCUT2D eigenvalue weighted by Gasteiger charge is 2.09. The maximum absolute atomic E-state index is 13.5. The molecule has 0 amide bonds. The maximum atomic E-state index is 13.5. The minimum absolute atomic E-state index is 0.234. The molecule has 0 saturated carbocycles. The molecule has 0 fully saturated rings. The molecule has 0 bridgehead atoms. The summed E-state index contributed by atoms with van der Waals surface area (Å²) in [6.07, 6.45) is 0. The van der Waals surface area contributed by atoms with Crippen molar-refractivity contribution in [1.82, 2.24) is 9.97 Å². The van der Waals surface area contributed by atoms with E-state index in [1.54, 1.807) is 13.0 Å². The van der Waals surface area contributed by atoms with Gasteiger partial charge in [0.05, 0.1) is 0 Å². The van der Waals surface area contributed by atoms with Gasteiger partial charge in [0.25, 0.3) is 0 Å². The van der Waals surface area contributed by atoms with E-state index in [-0.39, 0.29) is 5.82 Å². The van der Waals surface area contributed by atoms with Crippen LogP contribution in [0, 0.1) is 26.6 Å². The third-order valence-corrected chi connectivity index (χ3v) is 2.93. The zero-order chi connectivity index (χ0) is 14.0. The van der Waals surface area contributed by atoms with Crippen molar-refractivity contribution in [2.75, 3.05) is 17.7 Å². The van der Waals surface area contributed by atoms with Crippen LogP contribution in [0.5, 0.6) is 0 Å². The molecular weight excluding hydrogens is 243 g/mol. The van der Waals surface area contributed by atoms with Gasteiger partial charge in [0.1, 0.15) is 23.3 Å². The molecule has 0 radical (unpaired) electrons. The van der Waals surface area contributed by atoms with E-state index in [2.05, 4.69) is 20.6 Å². The van der Waals surface area contributed by atoms with Crippen molar-refractivity contribution >= 4 is 17.3 Å². The number of benzene rings is 1.